The molecule has 140 valence electrons. The Morgan fingerprint density at radius 3 is 2.68 bits per heavy atom. The molecule has 0 saturated heterocycles. The van der Waals surface area contributed by atoms with Crippen molar-refractivity contribution >= 4 is 24.6 Å². The average Bonchev–Trinajstić information content (AvgIpc) is 2.97. The lowest BCUT2D eigenvalue weighted by molar-refractivity contribution is 0.0803. The molecule has 2 aromatic heterocycles. The molecule has 0 amide bonds. The van der Waals surface area contributed by atoms with Crippen LogP contribution in [0.5, 0.6) is 0 Å². The molecule has 3 N–H and O–H groups in total. The van der Waals surface area contributed by atoms with Crippen LogP contribution in [0.25, 0.3) is 11.2 Å². The number of aliphatic hydroxyl groups is 1. The van der Waals surface area contributed by atoms with Gasteiger partial charge in [-0.3, -0.25) is 4.57 Å². The Hall–Kier alpha value is -1.58. The molecule has 0 fully saturated rings. The normalized spacial score (nSPS) is 13.4. The number of nitrogen functional groups attached to an aromatic ring is 1. The lowest BCUT2D eigenvalue weighted by Gasteiger charge is -2.17. The summed E-state index contributed by atoms with van der Waals surface area (Å²) in [7, 11) is -3.22. The molecule has 0 aliphatic heterocycles. The Kier molecular flexibility index (Phi) is 7.27. The van der Waals surface area contributed by atoms with Crippen LogP contribution in [0.15, 0.2) is 12.7 Å². The maximum Gasteiger partial charge on any atom is 0.356 e. The van der Waals surface area contributed by atoms with E-state index in [0.717, 1.165) is 0 Å². The SMILES string of the molecule is CCOP(=O)(COCCC(O)Cn1cnc2c(N)ncnc21)OCC. The van der Waals surface area contributed by atoms with Crippen LogP contribution in [-0.4, -0.2) is 56.9 Å². The average molecular weight is 373 g/mol. The van der Waals surface area contributed by atoms with E-state index in [1.54, 1.807) is 24.7 Å². The van der Waals surface area contributed by atoms with Gasteiger partial charge in [0.15, 0.2) is 11.5 Å². The van der Waals surface area contributed by atoms with Crippen LogP contribution in [-0.2, 0) is 24.9 Å². The van der Waals surface area contributed by atoms with Crippen molar-refractivity contribution in [2.24, 2.45) is 0 Å². The molecule has 11 heteroatoms. The minimum atomic E-state index is -3.22. The highest BCUT2D eigenvalue weighted by Gasteiger charge is 2.23. The second-order valence-electron chi connectivity index (χ2n) is 5.25. The number of rotatable bonds is 11. The maximum atomic E-state index is 12.2. The van der Waals surface area contributed by atoms with E-state index in [-0.39, 0.29) is 32.7 Å². The van der Waals surface area contributed by atoms with Crippen molar-refractivity contribution in [1.82, 2.24) is 19.5 Å². The van der Waals surface area contributed by atoms with Crippen molar-refractivity contribution in [2.75, 3.05) is 31.9 Å². The molecule has 1 atom stereocenters. The number of nitrogens with zero attached hydrogens (tertiary/aromatic N) is 4. The number of anilines is 1. The summed E-state index contributed by atoms with van der Waals surface area (Å²) in [4.78, 5) is 12.1. The summed E-state index contributed by atoms with van der Waals surface area (Å²) in [6.45, 7) is 4.53. The van der Waals surface area contributed by atoms with Gasteiger partial charge in [-0.15, -0.1) is 0 Å². The molecule has 10 nitrogen and oxygen atoms in total. The second kappa shape index (κ2) is 9.21. The van der Waals surface area contributed by atoms with Crippen LogP contribution >= 0.6 is 7.60 Å². The van der Waals surface area contributed by atoms with Gasteiger partial charge < -0.3 is 29.2 Å². The molecule has 2 rings (SSSR count). The number of nitrogens with two attached hydrogens (primary N) is 1. The zero-order valence-corrected chi connectivity index (χ0v) is 15.3. The lowest BCUT2D eigenvalue weighted by Crippen LogP contribution is -2.18. The van der Waals surface area contributed by atoms with Crippen LogP contribution in [0, 0.1) is 0 Å². The monoisotopic (exact) mass is 373 g/mol. The third kappa shape index (κ3) is 5.45. The van der Waals surface area contributed by atoms with Crippen molar-refractivity contribution in [3.8, 4) is 0 Å². The van der Waals surface area contributed by atoms with Crippen molar-refractivity contribution in [3.05, 3.63) is 12.7 Å². The van der Waals surface area contributed by atoms with Crippen LogP contribution in [0.2, 0.25) is 0 Å². The smallest absolute Gasteiger partial charge is 0.356 e. The third-order valence-electron chi connectivity index (χ3n) is 3.33. The molecule has 1 unspecified atom stereocenters. The fourth-order valence-electron chi connectivity index (χ4n) is 2.25. The molecular formula is C14H24N5O5P. The van der Waals surface area contributed by atoms with Gasteiger partial charge in [-0.25, -0.2) is 15.0 Å². The van der Waals surface area contributed by atoms with E-state index in [1.807, 2.05) is 0 Å². The van der Waals surface area contributed by atoms with Crippen molar-refractivity contribution < 1.29 is 23.5 Å². The van der Waals surface area contributed by atoms with E-state index in [1.165, 1.54) is 6.33 Å². The van der Waals surface area contributed by atoms with Gasteiger partial charge in [-0.1, -0.05) is 0 Å². The van der Waals surface area contributed by atoms with Gasteiger partial charge in [0.1, 0.15) is 18.2 Å². The maximum absolute atomic E-state index is 12.2. The van der Waals surface area contributed by atoms with E-state index in [9.17, 15) is 9.67 Å². The predicted octanol–water partition coefficient (Wildman–Crippen LogP) is 1.40. The first-order chi connectivity index (χ1) is 12.0. The van der Waals surface area contributed by atoms with Gasteiger partial charge in [-0.2, -0.15) is 0 Å². The summed E-state index contributed by atoms with van der Waals surface area (Å²) in [6, 6.07) is 0. The summed E-state index contributed by atoms with van der Waals surface area (Å²) in [5, 5.41) is 10.2. The minimum Gasteiger partial charge on any atom is -0.391 e. The van der Waals surface area contributed by atoms with E-state index in [0.29, 0.717) is 23.4 Å². The molecule has 0 aromatic carbocycles. The summed E-state index contributed by atoms with van der Waals surface area (Å²) in [5.41, 5.74) is 6.79. The van der Waals surface area contributed by atoms with Crippen LogP contribution in [0.3, 0.4) is 0 Å². The summed E-state index contributed by atoms with van der Waals surface area (Å²) >= 11 is 0. The second-order valence-corrected chi connectivity index (χ2v) is 7.25. The number of hydrogen-bond donors (Lipinski definition) is 2. The third-order valence-corrected chi connectivity index (χ3v) is 5.14. The van der Waals surface area contributed by atoms with Crippen LogP contribution in [0.4, 0.5) is 5.82 Å². The Morgan fingerprint density at radius 1 is 1.28 bits per heavy atom. The van der Waals surface area contributed by atoms with Gasteiger partial charge in [0, 0.05) is 6.61 Å². The first kappa shape index (κ1) is 19.7. The number of aromatic nitrogens is 4. The Morgan fingerprint density at radius 2 is 2.00 bits per heavy atom. The number of ether oxygens (including phenoxy) is 1. The standard InChI is InChI=1S/C14H24N5O5P/c1-3-23-25(21,24-4-2)10-22-6-5-11(20)7-19-9-18-12-13(15)16-8-17-14(12)19/h8-9,11,20H,3-7,10H2,1-2H3,(H2,15,16,17). The number of hydrogen-bond acceptors (Lipinski definition) is 9. The number of fused-ring (bicyclic) bond motifs is 1. The quantitative estimate of drug-likeness (QED) is 0.442. The molecule has 0 radical (unpaired) electrons. The molecule has 0 saturated carbocycles. The lowest BCUT2D eigenvalue weighted by atomic mass is 10.2. The Labute approximate surface area is 145 Å². The van der Waals surface area contributed by atoms with E-state index in [4.69, 9.17) is 19.5 Å². The highest BCUT2D eigenvalue weighted by Crippen LogP contribution is 2.47. The van der Waals surface area contributed by atoms with Crippen molar-refractivity contribution in [2.45, 2.75) is 32.9 Å². The Bertz CT molecular complexity index is 715. The summed E-state index contributed by atoms with van der Waals surface area (Å²) in [6.07, 6.45) is 2.42. The Balaban J connectivity index is 1.81. The molecule has 0 bridgehead atoms. The van der Waals surface area contributed by atoms with Gasteiger partial charge in [-0.05, 0) is 20.3 Å². The van der Waals surface area contributed by atoms with Crippen molar-refractivity contribution in [3.63, 3.8) is 0 Å². The fourth-order valence-corrected chi connectivity index (χ4v) is 3.61. The highest BCUT2D eigenvalue weighted by atomic mass is 31.2. The number of aliphatic hydroxyl groups excluding tert-OH is 1. The van der Waals surface area contributed by atoms with Crippen LogP contribution in [0.1, 0.15) is 20.3 Å². The van der Waals surface area contributed by atoms with Crippen molar-refractivity contribution in [1.29, 1.82) is 0 Å². The van der Waals surface area contributed by atoms with E-state index in [2.05, 4.69) is 15.0 Å². The van der Waals surface area contributed by atoms with Gasteiger partial charge >= 0.3 is 7.60 Å². The molecule has 0 aliphatic carbocycles. The molecule has 2 heterocycles. The fraction of sp³-hybridized carbons (Fsp3) is 0.643. The molecule has 25 heavy (non-hydrogen) atoms. The zero-order valence-electron chi connectivity index (χ0n) is 14.4. The van der Waals surface area contributed by atoms with E-state index < -0.39 is 13.7 Å². The first-order valence-corrected chi connectivity index (χ1v) is 9.77. The molecular weight excluding hydrogens is 349 g/mol. The largest absolute Gasteiger partial charge is 0.391 e. The van der Waals surface area contributed by atoms with Gasteiger partial charge in [0.05, 0.1) is 32.2 Å². The molecule has 0 spiro atoms. The zero-order chi connectivity index (χ0) is 18.3. The van der Waals surface area contributed by atoms with Gasteiger partial charge in [0.2, 0.25) is 0 Å². The summed E-state index contributed by atoms with van der Waals surface area (Å²) in [5.74, 6) is 0.296. The van der Waals surface area contributed by atoms with Crippen LogP contribution < -0.4 is 5.73 Å². The van der Waals surface area contributed by atoms with Gasteiger partial charge in [0.25, 0.3) is 0 Å². The predicted molar refractivity (Wildman–Crippen MR) is 92.0 cm³/mol. The van der Waals surface area contributed by atoms with E-state index >= 15 is 0 Å². The summed E-state index contributed by atoms with van der Waals surface area (Å²) < 4.78 is 29.5. The molecule has 2 aromatic rings. The topological polar surface area (TPSA) is 135 Å². The first-order valence-electron chi connectivity index (χ1n) is 8.04. The number of imidazole rings is 1. The highest BCUT2D eigenvalue weighted by molar-refractivity contribution is 7.53. The molecule has 0 aliphatic rings. The minimum absolute atomic E-state index is 0.140.